The van der Waals surface area contributed by atoms with Gasteiger partial charge in [0.05, 0.1) is 20.8 Å². The predicted molar refractivity (Wildman–Crippen MR) is 119 cm³/mol. The van der Waals surface area contributed by atoms with E-state index < -0.39 is 0 Å². The summed E-state index contributed by atoms with van der Waals surface area (Å²) in [5.41, 5.74) is 9.48. The van der Waals surface area contributed by atoms with Crippen LogP contribution in [-0.4, -0.2) is 38.2 Å². The van der Waals surface area contributed by atoms with Crippen molar-refractivity contribution in [2.24, 2.45) is 10.7 Å². The van der Waals surface area contributed by atoms with Crippen LogP contribution in [0.4, 0.5) is 5.69 Å². The highest BCUT2D eigenvalue weighted by Crippen LogP contribution is 2.29. The molecule has 3 rings (SSSR count). The van der Waals surface area contributed by atoms with Crippen LogP contribution in [0.3, 0.4) is 0 Å². The molecule has 1 fully saturated rings. The summed E-state index contributed by atoms with van der Waals surface area (Å²) in [6, 6.07) is 14.1. The number of anilines is 1. The van der Waals surface area contributed by atoms with Crippen LogP contribution >= 0.6 is 0 Å². The molecule has 0 aromatic heterocycles. The highest BCUT2D eigenvalue weighted by atomic mass is 16.5. The smallest absolute Gasteiger partial charge is 0.193 e. The molecule has 6 heteroatoms. The Balaban J connectivity index is 1.64. The summed E-state index contributed by atoms with van der Waals surface area (Å²) >= 11 is 0. The average Bonchev–Trinajstić information content (AvgIpc) is 3.01. The first-order valence-corrected chi connectivity index (χ1v) is 10.3. The number of ether oxygens (including phenoxy) is 2. The zero-order valence-electron chi connectivity index (χ0n) is 17.5. The van der Waals surface area contributed by atoms with Crippen LogP contribution in [0.15, 0.2) is 47.5 Å². The molecule has 6 nitrogen and oxygen atoms in total. The third-order valence-corrected chi connectivity index (χ3v) is 5.29. The molecule has 0 aliphatic carbocycles. The molecule has 0 spiro atoms. The molecule has 0 saturated carbocycles. The van der Waals surface area contributed by atoms with Crippen molar-refractivity contribution in [2.45, 2.75) is 38.8 Å². The number of methoxy groups -OCH3 is 2. The van der Waals surface area contributed by atoms with Gasteiger partial charge in [-0.05, 0) is 49.2 Å². The lowest BCUT2D eigenvalue weighted by Crippen LogP contribution is -2.25. The van der Waals surface area contributed by atoms with Crippen LogP contribution in [0.5, 0.6) is 11.5 Å². The lowest BCUT2D eigenvalue weighted by molar-refractivity contribution is 0.276. The Bertz CT molecular complexity index is 814. The van der Waals surface area contributed by atoms with Gasteiger partial charge in [-0.15, -0.1) is 0 Å². The van der Waals surface area contributed by atoms with Gasteiger partial charge in [-0.25, -0.2) is 4.99 Å². The highest BCUT2D eigenvalue weighted by Gasteiger charge is 2.11. The van der Waals surface area contributed by atoms with E-state index in [1.54, 1.807) is 14.2 Å². The first kappa shape index (κ1) is 21.0. The van der Waals surface area contributed by atoms with Crippen molar-refractivity contribution in [2.75, 3.05) is 32.6 Å². The fraction of sp³-hybridized carbons (Fsp3) is 0.435. The number of nitrogens with zero attached hydrogens (tertiary/aromatic N) is 2. The van der Waals surface area contributed by atoms with Gasteiger partial charge in [0.2, 0.25) is 0 Å². The third-order valence-electron chi connectivity index (χ3n) is 5.29. The summed E-state index contributed by atoms with van der Waals surface area (Å²) in [5.74, 6) is 1.70. The van der Waals surface area contributed by atoms with Crippen LogP contribution in [0.2, 0.25) is 0 Å². The first-order chi connectivity index (χ1) is 14.2. The minimum atomic E-state index is 0.377. The van der Waals surface area contributed by atoms with Gasteiger partial charge >= 0.3 is 0 Å². The minimum Gasteiger partial charge on any atom is -0.493 e. The molecule has 1 aliphatic heterocycles. The maximum atomic E-state index is 6.13. The second-order valence-electron chi connectivity index (χ2n) is 7.36. The van der Waals surface area contributed by atoms with Crippen molar-refractivity contribution in [1.82, 2.24) is 4.90 Å². The summed E-state index contributed by atoms with van der Waals surface area (Å²) < 4.78 is 10.6. The zero-order chi connectivity index (χ0) is 20.5. The summed E-state index contributed by atoms with van der Waals surface area (Å²) in [5, 5.41) is 3.13. The van der Waals surface area contributed by atoms with E-state index in [0.29, 0.717) is 24.0 Å². The number of likely N-dealkylation sites (tertiary alicyclic amines) is 1. The van der Waals surface area contributed by atoms with E-state index in [4.69, 9.17) is 15.2 Å². The van der Waals surface area contributed by atoms with Crippen LogP contribution < -0.4 is 20.5 Å². The number of benzene rings is 2. The SMILES string of the molecule is COc1ccc(NC(N)=NCc2ccccc2CN2CCCCCC2)cc1OC. The quantitative estimate of drug-likeness (QED) is 0.547. The maximum absolute atomic E-state index is 6.13. The topological polar surface area (TPSA) is 72.1 Å². The van der Waals surface area contributed by atoms with E-state index in [1.807, 2.05) is 18.2 Å². The van der Waals surface area contributed by atoms with E-state index in [2.05, 4.69) is 39.5 Å². The molecule has 2 aromatic carbocycles. The Morgan fingerprint density at radius 2 is 1.66 bits per heavy atom. The van der Waals surface area contributed by atoms with Crippen molar-refractivity contribution in [3.63, 3.8) is 0 Å². The lowest BCUT2D eigenvalue weighted by atomic mass is 10.1. The van der Waals surface area contributed by atoms with Gasteiger partial charge in [-0.1, -0.05) is 37.1 Å². The van der Waals surface area contributed by atoms with Gasteiger partial charge in [0.15, 0.2) is 17.5 Å². The number of rotatable bonds is 7. The molecule has 0 amide bonds. The lowest BCUT2D eigenvalue weighted by Gasteiger charge is -2.21. The molecule has 1 aliphatic rings. The Kier molecular flexibility index (Phi) is 7.76. The summed E-state index contributed by atoms with van der Waals surface area (Å²) in [7, 11) is 3.23. The van der Waals surface area contributed by atoms with Crippen molar-refractivity contribution in [3.8, 4) is 11.5 Å². The maximum Gasteiger partial charge on any atom is 0.193 e. The number of guanidine groups is 1. The van der Waals surface area contributed by atoms with Gasteiger partial charge in [-0.3, -0.25) is 4.90 Å². The molecule has 0 unspecified atom stereocenters. The standard InChI is InChI=1S/C23H32N4O2/c1-28-21-12-11-20(15-22(21)29-2)26-23(24)25-16-18-9-5-6-10-19(18)17-27-13-7-3-4-8-14-27/h5-6,9-12,15H,3-4,7-8,13-14,16-17H2,1-2H3,(H3,24,25,26). The van der Waals surface area contributed by atoms with E-state index in [1.165, 1.54) is 49.9 Å². The van der Waals surface area contributed by atoms with E-state index in [-0.39, 0.29) is 0 Å². The van der Waals surface area contributed by atoms with Gasteiger partial charge in [0.1, 0.15) is 0 Å². The normalized spacial score (nSPS) is 15.6. The minimum absolute atomic E-state index is 0.377. The molecule has 1 saturated heterocycles. The largest absolute Gasteiger partial charge is 0.493 e. The molecule has 156 valence electrons. The van der Waals surface area contributed by atoms with Gasteiger partial charge in [0.25, 0.3) is 0 Å². The van der Waals surface area contributed by atoms with E-state index in [9.17, 15) is 0 Å². The van der Waals surface area contributed by atoms with Crippen LogP contribution in [0.1, 0.15) is 36.8 Å². The number of hydrogen-bond donors (Lipinski definition) is 2. The molecular weight excluding hydrogens is 364 g/mol. The summed E-state index contributed by atoms with van der Waals surface area (Å²) in [4.78, 5) is 7.11. The zero-order valence-corrected chi connectivity index (χ0v) is 17.5. The van der Waals surface area contributed by atoms with Crippen molar-refractivity contribution >= 4 is 11.6 Å². The summed E-state index contributed by atoms with van der Waals surface area (Å²) in [6.07, 6.45) is 5.28. The van der Waals surface area contributed by atoms with Crippen LogP contribution in [-0.2, 0) is 13.1 Å². The fourth-order valence-corrected chi connectivity index (χ4v) is 3.67. The molecule has 1 heterocycles. The second kappa shape index (κ2) is 10.7. The molecule has 0 atom stereocenters. The predicted octanol–water partition coefficient (Wildman–Crippen LogP) is 4.01. The number of aliphatic imine (C=N–C) groups is 1. The Morgan fingerprint density at radius 1 is 0.966 bits per heavy atom. The summed E-state index contributed by atoms with van der Waals surface area (Å²) in [6.45, 7) is 3.89. The Labute approximate surface area is 173 Å². The first-order valence-electron chi connectivity index (χ1n) is 10.3. The highest BCUT2D eigenvalue weighted by molar-refractivity contribution is 5.92. The van der Waals surface area contributed by atoms with Gasteiger partial charge < -0.3 is 20.5 Å². The van der Waals surface area contributed by atoms with Crippen LogP contribution in [0.25, 0.3) is 0 Å². The third kappa shape index (κ3) is 6.12. The molecule has 29 heavy (non-hydrogen) atoms. The van der Waals surface area contributed by atoms with Crippen molar-refractivity contribution < 1.29 is 9.47 Å². The Morgan fingerprint density at radius 3 is 2.34 bits per heavy atom. The van der Waals surface area contributed by atoms with Gasteiger partial charge in [0, 0.05) is 18.3 Å². The molecule has 0 bridgehead atoms. The number of nitrogens with one attached hydrogen (secondary N) is 1. The molecule has 3 N–H and O–H groups in total. The van der Waals surface area contributed by atoms with Crippen molar-refractivity contribution in [3.05, 3.63) is 53.6 Å². The number of hydrogen-bond acceptors (Lipinski definition) is 4. The molecule has 2 aromatic rings. The van der Waals surface area contributed by atoms with Crippen molar-refractivity contribution in [1.29, 1.82) is 0 Å². The van der Waals surface area contributed by atoms with E-state index in [0.717, 1.165) is 12.2 Å². The Hall–Kier alpha value is -2.73. The van der Waals surface area contributed by atoms with Crippen LogP contribution in [0, 0.1) is 0 Å². The van der Waals surface area contributed by atoms with E-state index >= 15 is 0 Å². The second-order valence-corrected chi connectivity index (χ2v) is 7.36. The number of nitrogens with two attached hydrogens (primary N) is 1. The molecular formula is C23H32N4O2. The fourth-order valence-electron chi connectivity index (χ4n) is 3.67. The monoisotopic (exact) mass is 396 g/mol. The average molecular weight is 397 g/mol. The molecule has 0 radical (unpaired) electrons. The van der Waals surface area contributed by atoms with Gasteiger partial charge in [-0.2, -0.15) is 0 Å².